The van der Waals surface area contributed by atoms with Crippen LogP contribution in [0.4, 0.5) is 0 Å². The Balaban J connectivity index is 1.40. The first kappa shape index (κ1) is 23.2. The summed E-state index contributed by atoms with van der Waals surface area (Å²) >= 11 is 0. The van der Waals surface area contributed by atoms with Gasteiger partial charge in [0.1, 0.15) is 24.7 Å². The summed E-state index contributed by atoms with van der Waals surface area (Å²) in [6.45, 7) is 1.02. The molecule has 0 aromatic heterocycles. The second-order valence-corrected chi connectivity index (χ2v) is 7.84. The van der Waals surface area contributed by atoms with Crippen molar-refractivity contribution in [2.75, 3.05) is 14.2 Å². The van der Waals surface area contributed by atoms with Gasteiger partial charge in [-0.2, -0.15) is 0 Å². The lowest BCUT2D eigenvalue weighted by atomic mass is 10.0. The first-order chi connectivity index (χ1) is 16.7. The molecule has 0 spiro atoms. The summed E-state index contributed by atoms with van der Waals surface area (Å²) in [5.74, 6) is 3.07. The highest BCUT2D eigenvalue weighted by atomic mass is 16.5. The Morgan fingerprint density at radius 1 is 0.588 bits per heavy atom. The van der Waals surface area contributed by atoms with Crippen LogP contribution in [-0.2, 0) is 19.6 Å². The minimum Gasteiger partial charge on any atom is -0.496 e. The molecule has 0 bridgehead atoms. The molecule has 0 aliphatic carbocycles. The van der Waals surface area contributed by atoms with Crippen LogP contribution in [0.2, 0.25) is 0 Å². The molecule has 4 nitrogen and oxygen atoms in total. The van der Waals surface area contributed by atoms with E-state index in [9.17, 15) is 0 Å². The van der Waals surface area contributed by atoms with E-state index in [2.05, 4.69) is 18.6 Å². The van der Waals surface area contributed by atoms with Gasteiger partial charge < -0.3 is 18.9 Å². The van der Waals surface area contributed by atoms with Gasteiger partial charge >= 0.3 is 0 Å². The molecule has 173 valence electrons. The molecule has 0 aliphatic rings. The zero-order valence-corrected chi connectivity index (χ0v) is 19.6. The third kappa shape index (κ3) is 6.32. The molecule has 34 heavy (non-hydrogen) atoms. The number of hydrogen-bond donors (Lipinski definition) is 0. The lowest BCUT2D eigenvalue weighted by Crippen LogP contribution is -2.00. The average Bonchev–Trinajstić information content (AvgIpc) is 2.91. The average molecular weight is 454 g/mol. The van der Waals surface area contributed by atoms with Gasteiger partial charge in [0.15, 0.2) is 11.5 Å². The molecule has 0 unspecified atom stereocenters. The van der Waals surface area contributed by atoms with Gasteiger partial charge in [0.05, 0.1) is 14.2 Å². The first-order valence-electron chi connectivity index (χ1n) is 11.3. The monoisotopic (exact) mass is 453 g/mol. The predicted octanol–water partition coefficient (Wildman–Crippen LogP) is 6.66. The number of rotatable bonds is 11. The van der Waals surface area contributed by atoms with Gasteiger partial charge in [0.25, 0.3) is 0 Å². The Morgan fingerprint density at radius 3 is 1.85 bits per heavy atom. The van der Waals surface area contributed by atoms with Crippen LogP contribution in [0.1, 0.15) is 22.3 Å². The van der Waals surface area contributed by atoms with Crippen LogP contribution in [0.25, 0.3) is 0 Å². The summed E-state index contributed by atoms with van der Waals surface area (Å²) in [6, 6.07) is 32.1. The van der Waals surface area contributed by atoms with Crippen molar-refractivity contribution in [2.45, 2.75) is 19.6 Å². The Morgan fingerprint density at radius 2 is 1.21 bits per heavy atom. The van der Waals surface area contributed by atoms with Crippen molar-refractivity contribution < 1.29 is 18.9 Å². The zero-order valence-electron chi connectivity index (χ0n) is 19.6. The summed E-state index contributed by atoms with van der Waals surface area (Å²) in [5, 5.41) is 0. The molecular formula is C30H29O4. The number of benzene rings is 4. The molecule has 4 rings (SSSR count). The van der Waals surface area contributed by atoms with Crippen molar-refractivity contribution in [1.29, 1.82) is 0 Å². The van der Waals surface area contributed by atoms with E-state index in [1.807, 2.05) is 84.9 Å². The quantitative estimate of drug-likeness (QED) is 0.255. The fraction of sp³-hybridized carbons (Fsp3) is 0.167. The fourth-order valence-electron chi connectivity index (χ4n) is 3.64. The molecule has 0 fully saturated rings. The third-order valence-corrected chi connectivity index (χ3v) is 5.48. The van der Waals surface area contributed by atoms with Crippen molar-refractivity contribution in [3.8, 4) is 23.0 Å². The number of ether oxygens (including phenoxy) is 4. The molecule has 1 radical (unpaired) electrons. The topological polar surface area (TPSA) is 36.9 Å². The Labute approximate surface area is 201 Å². The van der Waals surface area contributed by atoms with E-state index in [1.165, 1.54) is 0 Å². The lowest BCUT2D eigenvalue weighted by Gasteiger charge is -2.14. The van der Waals surface area contributed by atoms with Gasteiger partial charge in [0.2, 0.25) is 0 Å². The largest absolute Gasteiger partial charge is 0.496 e. The molecule has 4 aromatic carbocycles. The minimum atomic E-state index is 0.493. The highest BCUT2D eigenvalue weighted by Gasteiger charge is 2.10. The minimum absolute atomic E-state index is 0.493. The van der Waals surface area contributed by atoms with Gasteiger partial charge in [-0.25, -0.2) is 0 Å². The van der Waals surface area contributed by atoms with Gasteiger partial charge in [-0.3, -0.25) is 0 Å². The summed E-state index contributed by atoms with van der Waals surface area (Å²) in [4.78, 5) is 0. The van der Waals surface area contributed by atoms with E-state index in [1.54, 1.807) is 14.2 Å². The van der Waals surface area contributed by atoms with Crippen LogP contribution in [0.5, 0.6) is 23.0 Å². The summed E-state index contributed by atoms with van der Waals surface area (Å²) < 4.78 is 23.1. The van der Waals surface area contributed by atoms with Crippen molar-refractivity contribution in [3.05, 3.63) is 126 Å². The van der Waals surface area contributed by atoms with E-state index in [0.29, 0.717) is 25.4 Å². The first-order valence-corrected chi connectivity index (χ1v) is 11.3. The molecular weight excluding hydrogens is 424 g/mol. The third-order valence-electron chi connectivity index (χ3n) is 5.48. The standard InChI is InChI=1S/C30H29O4/c1-31-28-18-16-27(33-21-24-9-5-3-6-10-24)20-26(28)15-13-23-14-17-29(30(19-23)32-2)34-22-25-11-7-4-8-12-25/h3-14,16-20H,15,21-22H2,1-2H3. The molecule has 0 saturated carbocycles. The normalized spacial score (nSPS) is 10.5. The Kier molecular flexibility index (Phi) is 8.07. The van der Waals surface area contributed by atoms with E-state index in [0.717, 1.165) is 39.5 Å². The highest BCUT2D eigenvalue weighted by molar-refractivity contribution is 5.47. The second kappa shape index (κ2) is 11.8. The van der Waals surface area contributed by atoms with Crippen LogP contribution >= 0.6 is 0 Å². The lowest BCUT2D eigenvalue weighted by molar-refractivity contribution is 0.284. The molecule has 4 aromatic rings. The van der Waals surface area contributed by atoms with Crippen molar-refractivity contribution in [1.82, 2.24) is 0 Å². The number of methoxy groups -OCH3 is 2. The van der Waals surface area contributed by atoms with Crippen molar-refractivity contribution in [2.24, 2.45) is 0 Å². The van der Waals surface area contributed by atoms with Crippen molar-refractivity contribution >= 4 is 0 Å². The van der Waals surface area contributed by atoms with Gasteiger partial charge in [-0.1, -0.05) is 66.7 Å². The smallest absolute Gasteiger partial charge is 0.161 e. The van der Waals surface area contributed by atoms with Crippen molar-refractivity contribution in [3.63, 3.8) is 0 Å². The summed E-state index contributed by atoms with van der Waals surface area (Å²) in [7, 11) is 3.34. The second-order valence-electron chi connectivity index (χ2n) is 7.84. The van der Waals surface area contributed by atoms with Gasteiger partial charge in [0, 0.05) is 0 Å². The molecule has 0 saturated heterocycles. The number of hydrogen-bond acceptors (Lipinski definition) is 4. The van der Waals surface area contributed by atoms with Crippen LogP contribution in [-0.4, -0.2) is 14.2 Å². The van der Waals surface area contributed by atoms with Gasteiger partial charge in [-0.05, 0) is 65.4 Å². The van der Waals surface area contributed by atoms with Crippen LogP contribution in [0.15, 0.2) is 97.1 Å². The zero-order chi connectivity index (χ0) is 23.6. The van der Waals surface area contributed by atoms with Crippen LogP contribution in [0.3, 0.4) is 0 Å². The Hall–Kier alpha value is -3.92. The van der Waals surface area contributed by atoms with Crippen LogP contribution in [0, 0.1) is 6.42 Å². The fourth-order valence-corrected chi connectivity index (χ4v) is 3.64. The molecule has 0 atom stereocenters. The van der Waals surface area contributed by atoms with E-state index in [4.69, 9.17) is 18.9 Å². The molecule has 0 aliphatic heterocycles. The van der Waals surface area contributed by atoms with E-state index < -0.39 is 0 Å². The maximum atomic E-state index is 5.99. The van der Waals surface area contributed by atoms with Crippen LogP contribution < -0.4 is 18.9 Å². The SMILES string of the molecule is COc1ccc(OCc2ccccc2)cc1C[CH]c1ccc(OCc2ccccc2)c(OC)c1. The molecule has 0 amide bonds. The van der Waals surface area contributed by atoms with Gasteiger partial charge in [-0.15, -0.1) is 0 Å². The molecule has 4 heteroatoms. The summed E-state index contributed by atoms with van der Waals surface area (Å²) in [5.41, 5.74) is 4.34. The maximum absolute atomic E-state index is 5.99. The predicted molar refractivity (Wildman–Crippen MR) is 135 cm³/mol. The molecule has 0 heterocycles. The Bertz CT molecular complexity index is 1170. The highest BCUT2D eigenvalue weighted by Crippen LogP contribution is 2.31. The van der Waals surface area contributed by atoms with E-state index >= 15 is 0 Å². The molecule has 0 N–H and O–H groups in total. The maximum Gasteiger partial charge on any atom is 0.161 e. The summed E-state index contributed by atoms with van der Waals surface area (Å²) in [6.07, 6.45) is 2.83. The van der Waals surface area contributed by atoms with E-state index in [-0.39, 0.29) is 0 Å².